The average Bonchev–Trinajstić information content (AvgIpc) is 3.08. The summed E-state index contributed by atoms with van der Waals surface area (Å²) < 4.78 is 0.917. The highest BCUT2D eigenvalue weighted by Gasteiger charge is 2.26. The van der Waals surface area contributed by atoms with E-state index in [1.165, 1.54) is 43.7 Å². The number of nitrogens with one attached hydrogen (secondary N) is 1. The molecule has 0 radical (unpaired) electrons. The minimum absolute atomic E-state index is 0.0333. The third-order valence-corrected chi connectivity index (χ3v) is 7.08. The second kappa shape index (κ2) is 9.33. The van der Waals surface area contributed by atoms with E-state index in [0.717, 1.165) is 35.8 Å². The van der Waals surface area contributed by atoms with Gasteiger partial charge >= 0.3 is 0 Å². The molecule has 2 aliphatic heterocycles. The molecule has 1 atom stereocenters. The SMILES string of the molecule is CC1CCN(CC2CCCN(C(=O)CNC(=O)c3ccc(Br)s3)C2)CC1. The number of carbonyl (C=O) groups is 2. The van der Waals surface area contributed by atoms with E-state index >= 15 is 0 Å². The van der Waals surface area contributed by atoms with Crippen LogP contribution in [0, 0.1) is 11.8 Å². The van der Waals surface area contributed by atoms with Gasteiger partial charge in [0.15, 0.2) is 0 Å². The van der Waals surface area contributed by atoms with Crippen LogP contribution in [0.5, 0.6) is 0 Å². The predicted molar refractivity (Wildman–Crippen MR) is 108 cm³/mol. The van der Waals surface area contributed by atoms with Crippen LogP contribution in [0.25, 0.3) is 0 Å². The summed E-state index contributed by atoms with van der Waals surface area (Å²) in [6.45, 7) is 7.55. The van der Waals surface area contributed by atoms with Crippen LogP contribution in [-0.2, 0) is 4.79 Å². The van der Waals surface area contributed by atoms with Crippen LogP contribution in [0.15, 0.2) is 15.9 Å². The van der Waals surface area contributed by atoms with Gasteiger partial charge in [-0.25, -0.2) is 0 Å². The molecule has 0 aromatic carbocycles. The van der Waals surface area contributed by atoms with E-state index in [-0.39, 0.29) is 18.4 Å². The normalized spacial score (nSPS) is 22.4. The van der Waals surface area contributed by atoms with Crippen molar-refractivity contribution in [3.63, 3.8) is 0 Å². The van der Waals surface area contributed by atoms with Gasteiger partial charge in [0.05, 0.1) is 15.2 Å². The van der Waals surface area contributed by atoms with Crippen LogP contribution in [0.3, 0.4) is 0 Å². The Morgan fingerprint density at radius 3 is 2.69 bits per heavy atom. The molecule has 2 amide bonds. The number of rotatable bonds is 5. The van der Waals surface area contributed by atoms with E-state index in [1.54, 1.807) is 6.07 Å². The van der Waals surface area contributed by atoms with E-state index in [0.29, 0.717) is 10.8 Å². The number of hydrogen-bond acceptors (Lipinski definition) is 4. The summed E-state index contributed by atoms with van der Waals surface area (Å²) in [5, 5.41) is 2.76. The molecule has 26 heavy (non-hydrogen) atoms. The van der Waals surface area contributed by atoms with Crippen LogP contribution in [0.1, 0.15) is 42.3 Å². The first-order chi connectivity index (χ1) is 12.5. The van der Waals surface area contributed by atoms with Crippen molar-refractivity contribution < 1.29 is 9.59 Å². The van der Waals surface area contributed by atoms with Gasteiger partial charge in [-0.05, 0) is 78.7 Å². The number of piperidine rings is 2. The molecule has 1 N–H and O–H groups in total. The Hall–Kier alpha value is -0.920. The van der Waals surface area contributed by atoms with E-state index < -0.39 is 0 Å². The van der Waals surface area contributed by atoms with Crippen molar-refractivity contribution in [1.29, 1.82) is 0 Å². The molecular weight excluding hydrogens is 414 g/mol. The zero-order valence-electron chi connectivity index (χ0n) is 15.4. The number of hydrogen-bond donors (Lipinski definition) is 1. The molecule has 0 aliphatic carbocycles. The van der Waals surface area contributed by atoms with Gasteiger partial charge in [0.2, 0.25) is 5.91 Å². The molecule has 3 rings (SSSR count). The van der Waals surface area contributed by atoms with Crippen LogP contribution in [-0.4, -0.2) is 60.9 Å². The number of thiophene rings is 1. The zero-order chi connectivity index (χ0) is 18.5. The highest BCUT2D eigenvalue weighted by atomic mass is 79.9. The average molecular weight is 442 g/mol. The van der Waals surface area contributed by atoms with Gasteiger partial charge in [-0.3, -0.25) is 9.59 Å². The fourth-order valence-corrected chi connectivity index (χ4v) is 5.14. The lowest BCUT2D eigenvalue weighted by molar-refractivity contribution is -0.132. The fourth-order valence-electron chi connectivity index (χ4n) is 3.84. The van der Waals surface area contributed by atoms with Gasteiger partial charge in [-0.1, -0.05) is 6.92 Å². The third-order valence-electron chi connectivity index (χ3n) is 5.46. The molecule has 2 saturated heterocycles. The first-order valence-corrected chi connectivity index (χ1v) is 11.2. The van der Waals surface area contributed by atoms with E-state index in [2.05, 4.69) is 33.1 Å². The van der Waals surface area contributed by atoms with Gasteiger partial charge in [-0.2, -0.15) is 0 Å². The molecule has 144 valence electrons. The Morgan fingerprint density at radius 2 is 2.00 bits per heavy atom. The second-order valence-electron chi connectivity index (χ2n) is 7.62. The summed E-state index contributed by atoms with van der Waals surface area (Å²) in [5.74, 6) is 1.27. The molecule has 0 saturated carbocycles. The number of amides is 2. The molecule has 1 aromatic rings. The Kier molecular flexibility index (Phi) is 7.12. The van der Waals surface area contributed by atoms with Crippen LogP contribution in [0.2, 0.25) is 0 Å². The quantitative estimate of drug-likeness (QED) is 0.762. The van der Waals surface area contributed by atoms with E-state index in [9.17, 15) is 9.59 Å². The van der Waals surface area contributed by atoms with Crippen LogP contribution < -0.4 is 5.32 Å². The lowest BCUT2D eigenvalue weighted by Crippen LogP contribution is -2.47. The summed E-state index contributed by atoms with van der Waals surface area (Å²) >= 11 is 4.73. The molecule has 2 aliphatic rings. The van der Waals surface area contributed by atoms with Crippen LogP contribution in [0.4, 0.5) is 0 Å². The minimum Gasteiger partial charge on any atom is -0.342 e. The lowest BCUT2D eigenvalue weighted by atomic mass is 9.94. The maximum absolute atomic E-state index is 12.5. The molecule has 3 heterocycles. The van der Waals surface area contributed by atoms with Crippen molar-refractivity contribution in [2.75, 3.05) is 39.3 Å². The van der Waals surface area contributed by atoms with Crippen molar-refractivity contribution in [3.05, 3.63) is 20.8 Å². The van der Waals surface area contributed by atoms with Crippen molar-refractivity contribution in [1.82, 2.24) is 15.1 Å². The Morgan fingerprint density at radius 1 is 1.23 bits per heavy atom. The predicted octanol–water partition coefficient (Wildman–Crippen LogP) is 3.21. The standard InChI is InChI=1S/C19H28BrN3O2S/c1-14-6-9-22(10-7-14)12-15-3-2-8-23(13-15)18(24)11-21-19(25)16-4-5-17(20)26-16/h4-5,14-15H,2-3,6-13H2,1H3,(H,21,25). The molecule has 1 unspecified atom stereocenters. The lowest BCUT2D eigenvalue weighted by Gasteiger charge is -2.37. The summed E-state index contributed by atoms with van der Waals surface area (Å²) in [4.78, 5) is 29.7. The molecule has 7 heteroatoms. The van der Waals surface area contributed by atoms with Gasteiger partial charge in [0.1, 0.15) is 0 Å². The van der Waals surface area contributed by atoms with Gasteiger partial charge in [0.25, 0.3) is 5.91 Å². The van der Waals surface area contributed by atoms with Gasteiger partial charge in [-0.15, -0.1) is 11.3 Å². The molecule has 2 fully saturated rings. The summed E-state index contributed by atoms with van der Waals surface area (Å²) in [7, 11) is 0. The van der Waals surface area contributed by atoms with Crippen LogP contribution >= 0.6 is 27.3 Å². The highest BCUT2D eigenvalue weighted by Crippen LogP contribution is 2.23. The molecule has 0 bridgehead atoms. The summed E-state index contributed by atoms with van der Waals surface area (Å²) in [6, 6.07) is 3.61. The third kappa shape index (κ3) is 5.54. The van der Waals surface area contributed by atoms with Crippen molar-refractivity contribution in [2.24, 2.45) is 11.8 Å². The first kappa shape index (κ1) is 19.8. The highest BCUT2D eigenvalue weighted by molar-refractivity contribution is 9.11. The number of nitrogens with zero attached hydrogens (tertiary/aromatic N) is 2. The summed E-state index contributed by atoms with van der Waals surface area (Å²) in [6.07, 6.45) is 4.85. The molecule has 1 aromatic heterocycles. The Labute approximate surface area is 168 Å². The first-order valence-electron chi connectivity index (χ1n) is 9.55. The topological polar surface area (TPSA) is 52.6 Å². The van der Waals surface area contributed by atoms with E-state index in [4.69, 9.17) is 0 Å². The monoisotopic (exact) mass is 441 g/mol. The number of likely N-dealkylation sites (tertiary alicyclic amines) is 2. The van der Waals surface area contributed by atoms with E-state index in [1.807, 2.05) is 11.0 Å². The van der Waals surface area contributed by atoms with Gasteiger partial charge < -0.3 is 15.1 Å². The minimum atomic E-state index is -0.176. The maximum Gasteiger partial charge on any atom is 0.261 e. The second-order valence-corrected chi connectivity index (χ2v) is 10.1. The Balaban J connectivity index is 1.43. The smallest absolute Gasteiger partial charge is 0.261 e. The molecule has 5 nitrogen and oxygen atoms in total. The largest absolute Gasteiger partial charge is 0.342 e. The zero-order valence-corrected chi connectivity index (χ0v) is 17.8. The number of halogens is 1. The maximum atomic E-state index is 12.5. The van der Waals surface area contributed by atoms with Crippen molar-refractivity contribution in [3.8, 4) is 0 Å². The number of carbonyl (C=O) groups excluding carboxylic acids is 2. The van der Waals surface area contributed by atoms with Gasteiger partial charge in [0, 0.05) is 19.6 Å². The summed E-state index contributed by atoms with van der Waals surface area (Å²) in [5.41, 5.74) is 0. The Bertz CT molecular complexity index is 628. The van der Waals surface area contributed by atoms with Crippen molar-refractivity contribution in [2.45, 2.75) is 32.6 Å². The van der Waals surface area contributed by atoms with Crippen molar-refractivity contribution >= 4 is 39.1 Å². The molecule has 0 spiro atoms. The molecular formula is C19H28BrN3O2S. The fraction of sp³-hybridized carbons (Fsp3) is 0.684.